The maximum Gasteiger partial charge on any atom is 0.258 e. The summed E-state index contributed by atoms with van der Waals surface area (Å²) in [6, 6.07) is 16.4. The van der Waals surface area contributed by atoms with Crippen molar-refractivity contribution in [1.29, 1.82) is 0 Å². The summed E-state index contributed by atoms with van der Waals surface area (Å²) in [4.78, 5) is 16.9. The van der Waals surface area contributed by atoms with Gasteiger partial charge in [-0.3, -0.25) is 4.79 Å². The summed E-state index contributed by atoms with van der Waals surface area (Å²) < 4.78 is 23.7. The van der Waals surface area contributed by atoms with E-state index in [-0.39, 0.29) is 23.7 Å². The number of rotatable bonds is 6. The van der Waals surface area contributed by atoms with Gasteiger partial charge in [0.1, 0.15) is 11.6 Å². The molecule has 1 atom stereocenters. The van der Waals surface area contributed by atoms with E-state index >= 15 is 0 Å². The van der Waals surface area contributed by atoms with Gasteiger partial charge in [-0.1, -0.05) is 11.2 Å². The van der Waals surface area contributed by atoms with E-state index in [1.165, 1.54) is 12.1 Å². The molecule has 146 valence electrons. The fraction of sp³-hybridized carbons (Fsp3) is 0.136. The van der Waals surface area contributed by atoms with Gasteiger partial charge < -0.3 is 14.3 Å². The summed E-state index contributed by atoms with van der Waals surface area (Å²) >= 11 is 0. The van der Waals surface area contributed by atoms with Crippen LogP contribution < -0.4 is 5.32 Å². The van der Waals surface area contributed by atoms with Crippen LogP contribution in [-0.4, -0.2) is 22.1 Å². The van der Waals surface area contributed by atoms with Gasteiger partial charge in [0.05, 0.1) is 6.26 Å². The zero-order chi connectivity index (χ0) is 20.2. The average Bonchev–Trinajstić information content (AvgIpc) is 3.41. The van der Waals surface area contributed by atoms with Crippen LogP contribution in [0.3, 0.4) is 0 Å². The molecule has 4 rings (SSSR count). The normalized spacial score (nSPS) is 11.9. The number of furan rings is 1. The van der Waals surface area contributed by atoms with Crippen molar-refractivity contribution in [1.82, 2.24) is 15.5 Å². The molecule has 0 aliphatic rings. The summed E-state index contributed by atoms with van der Waals surface area (Å²) in [6.45, 7) is 1.91. The van der Waals surface area contributed by atoms with Crippen LogP contribution in [0.2, 0.25) is 0 Å². The summed E-state index contributed by atoms with van der Waals surface area (Å²) in [7, 11) is 0. The number of nitrogens with one attached hydrogen (secondary N) is 1. The minimum absolute atomic E-state index is 0.0919. The third kappa shape index (κ3) is 4.40. The van der Waals surface area contributed by atoms with E-state index in [4.69, 9.17) is 8.94 Å². The molecule has 0 spiro atoms. The van der Waals surface area contributed by atoms with Crippen LogP contribution in [0, 0.1) is 5.82 Å². The van der Waals surface area contributed by atoms with Gasteiger partial charge >= 0.3 is 0 Å². The topological polar surface area (TPSA) is 81.2 Å². The first kappa shape index (κ1) is 18.6. The zero-order valence-electron chi connectivity index (χ0n) is 15.6. The fourth-order valence-corrected chi connectivity index (χ4v) is 2.94. The molecule has 0 aliphatic heterocycles. The van der Waals surface area contributed by atoms with Crippen LogP contribution in [0.4, 0.5) is 4.39 Å². The summed E-state index contributed by atoms with van der Waals surface area (Å²) in [5.41, 5.74) is 1.74. The molecule has 0 radical (unpaired) electrons. The van der Waals surface area contributed by atoms with E-state index in [0.29, 0.717) is 28.9 Å². The van der Waals surface area contributed by atoms with Crippen LogP contribution >= 0.6 is 0 Å². The number of hydrogen-bond donors (Lipinski definition) is 1. The lowest BCUT2D eigenvalue weighted by molar-refractivity contribution is 0.0939. The third-order valence-electron chi connectivity index (χ3n) is 4.37. The number of amides is 1. The lowest BCUT2D eigenvalue weighted by Crippen LogP contribution is -2.33. The molecule has 0 aliphatic carbocycles. The number of nitrogens with zero attached hydrogens (tertiary/aromatic N) is 2. The molecule has 0 saturated heterocycles. The highest BCUT2D eigenvalue weighted by molar-refractivity contribution is 5.95. The molecule has 4 aromatic rings. The molecule has 0 saturated carbocycles. The highest BCUT2D eigenvalue weighted by Crippen LogP contribution is 2.23. The van der Waals surface area contributed by atoms with Gasteiger partial charge in [-0.05, 0) is 61.5 Å². The lowest BCUT2D eigenvalue weighted by Gasteiger charge is -2.12. The van der Waals surface area contributed by atoms with Crippen LogP contribution in [0.25, 0.3) is 22.8 Å². The molecule has 6 nitrogen and oxygen atoms in total. The van der Waals surface area contributed by atoms with Gasteiger partial charge in [0.2, 0.25) is 5.82 Å². The molecular weight excluding hydrogens is 373 g/mol. The minimum atomic E-state index is -0.336. The highest BCUT2D eigenvalue weighted by Gasteiger charge is 2.15. The largest absolute Gasteiger partial charge is 0.469 e. The zero-order valence-corrected chi connectivity index (χ0v) is 15.6. The average molecular weight is 391 g/mol. The number of benzene rings is 2. The second kappa shape index (κ2) is 8.10. The molecule has 2 aromatic heterocycles. The summed E-state index contributed by atoms with van der Waals surface area (Å²) in [6.07, 6.45) is 2.21. The Morgan fingerprint density at radius 1 is 1.10 bits per heavy atom. The van der Waals surface area contributed by atoms with Crippen molar-refractivity contribution >= 4 is 5.91 Å². The van der Waals surface area contributed by atoms with Crippen molar-refractivity contribution < 1.29 is 18.1 Å². The predicted molar refractivity (Wildman–Crippen MR) is 104 cm³/mol. The Hall–Kier alpha value is -3.74. The quantitative estimate of drug-likeness (QED) is 0.523. The van der Waals surface area contributed by atoms with E-state index in [1.54, 1.807) is 42.7 Å². The Morgan fingerprint density at radius 3 is 2.69 bits per heavy atom. The first-order valence-corrected chi connectivity index (χ1v) is 9.12. The van der Waals surface area contributed by atoms with Gasteiger partial charge in [-0.2, -0.15) is 4.98 Å². The van der Waals surface area contributed by atoms with E-state index in [0.717, 1.165) is 5.76 Å². The molecule has 2 aromatic carbocycles. The molecule has 0 bridgehead atoms. The number of aromatic nitrogens is 2. The summed E-state index contributed by atoms with van der Waals surface area (Å²) in [5.74, 6) is 0.900. The molecule has 29 heavy (non-hydrogen) atoms. The molecule has 2 heterocycles. The van der Waals surface area contributed by atoms with Crippen molar-refractivity contribution in [3.05, 3.63) is 84.1 Å². The molecular formula is C22H18FN3O3. The summed E-state index contributed by atoms with van der Waals surface area (Å²) in [5, 5.41) is 6.89. The van der Waals surface area contributed by atoms with Crippen LogP contribution in [0.15, 0.2) is 75.9 Å². The highest BCUT2D eigenvalue weighted by atomic mass is 19.1. The third-order valence-corrected chi connectivity index (χ3v) is 4.37. The van der Waals surface area contributed by atoms with E-state index < -0.39 is 0 Å². The van der Waals surface area contributed by atoms with Crippen molar-refractivity contribution in [2.45, 2.75) is 19.4 Å². The predicted octanol–water partition coefficient (Wildman–Crippen LogP) is 4.50. The van der Waals surface area contributed by atoms with Gasteiger partial charge in [-0.15, -0.1) is 0 Å². The Bertz CT molecular complexity index is 1100. The van der Waals surface area contributed by atoms with Crippen LogP contribution in [0.1, 0.15) is 23.0 Å². The van der Waals surface area contributed by atoms with Crippen LogP contribution in [-0.2, 0) is 6.42 Å². The Morgan fingerprint density at radius 2 is 1.93 bits per heavy atom. The standard InChI is InChI=1S/C22H18FN3O3/c1-14(12-19-6-3-11-28-19)24-21(27)16-4-2-5-17(13-16)22-25-20(26-29-22)15-7-9-18(23)10-8-15/h2-11,13-14H,12H2,1H3,(H,24,27)/t14-/m1/s1. The molecule has 7 heteroatoms. The number of halogens is 1. The number of carbonyl (C=O) groups excluding carboxylic acids is 1. The van der Waals surface area contributed by atoms with E-state index in [9.17, 15) is 9.18 Å². The maximum absolute atomic E-state index is 13.1. The van der Waals surface area contributed by atoms with E-state index in [1.807, 2.05) is 19.1 Å². The molecule has 1 amide bonds. The lowest BCUT2D eigenvalue weighted by atomic mass is 10.1. The van der Waals surface area contributed by atoms with Crippen LogP contribution in [0.5, 0.6) is 0 Å². The maximum atomic E-state index is 13.1. The van der Waals surface area contributed by atoms with Crippen molar-refractivity contribution in [3.8, 4) is 22.8 Å². The Balaban J connectivity index is 1.48. The minimum Gasteiger partial charge on any atom is -0.469 e. The van der Waals surface area contributed by atoms with Crippen molar-refractivity contribution in [2.24, 2.45) is 0 Å². The van der Waals surface area contributed by atoms with Gasteiger partial charge in [0.25, 0.3) is 11.8 Å². The first-order chi connectivity index (χ1) is 14.1. The number of carbonyl (C=O) groups is 1. The first-order valence-electron chi connectivity index (χ1n) is 9.12. The smallest absolute Gasteiger partial charge is 0.258 e. The number of hydrogen-bond acceptors (Lipinski definition) is 5. The second-order valence-corrected chi connectivity index (χ2v) is 6.67. The Kier molecular flexibility index (Phi) is 5.20. The van der Waals surface area contributed by atoms with Crippen molar-refractivity contribution in [2.75, 3.05) is 0 Å². The second-order valence-electron chi connectivity index (χ2n) is 6.67. The molecule has 0 unspecified atom stereocenters. The van der Waals surface area contributed by atoms with E-state index in [2.05, 4.69) is 15.5 Å². The van der Waals surface area contributed by atoms with Gasteiger partial charge in [-0.25, -0.2) is 4.39 Å². The molecule has 0 fully saturated rings. The van der Waals surface area contributed by atoms with Gasteiger partial charge in [0, 0.05) is 29.2 Å². The monoisotopic (exact) mass is 391 g/mol. The SMILES string of the molecule is C[C@H](Cc1ccco1)NC(=O)c1cccc(-c2nc(-c3ccc(F)cc3)no2)c1. The fourth-order valence-electron chi connectivity index (χ4n) is 2.94. The van der Waals surface area contributed by atoms with Crippen molar-refractivity contribution in [3.63, 3.8) is 0 Å². The Labute approximate surface area is 166 Å². The molecule has 1 N–H and O–H groups in total. The van der Waals surface area contributed by atoms with Gasteiger partial charge in [0.15, 0.2) is 0 Å².